The van der Waals surface area contributed by atoms with Crippen LogP contribution in [0.15, 0.2) is 5.16 Å². The molecule has 166 valence electrons. The molecule has 30 heavy (non-hydrogen) atoms. The van der Waals surface area contributed by atoms with E-state index in [2.05, 4.69) is 27.6 Å². The van der Waals surface area contributed by atoms with Crippen LogP contribution in [-0.4, -0.2) is 65.2 Å². The van der Waals surface area contributed by atoms with Crippen LogP contribution in [0.5, 0.6) is 0 Å². The first-order valence-electron chi connectivity index (χ1n) is 10.5. The van der Waals surface area contributed by atoms with Gasteiger partial charge in [0.25, 0.3) is 5.91 Å². The zero-order valence-corrected chi connectivity index (χ0v) is 17.5. The Balaban J connectivity index is 1.63. The number of nitrogens with zero attached hydrogens (tertiary/aromatic N) is 3. The van der Waals surface area contributed by atoms with Gasteiger partial charge < -0.3 is 15.5 Å². The van der Waals surface area contributed by atoms with Crippen molar-refractivity contribution < 1.29 is 23.2 Å². The fraction of sp³-hybridized carbons (Fsp3) is 0.800. The quantitative estimate of drug-likeness (QED) is 0.616. The van der Waals surface area contributed by atoms with E-state index in [-0.39, 0.29) is 12.1 Å². The van der Waals surface area contributed by atoms with Crippen LogP contribution < -0.4 is 10.6 Å². The summed E-state index contributed by atoms with van der Waals surface area (Å²) in [6.07, 6.45) is 3.04. The van der Waals surface area contributed by atoms with Gasteiger partial charge in [0.15, 0.2) is 5.60 Å². The fourth-order valence-corrected chi connectivity index (χ4v) is 4.08. The Hall–Kier alpha value is -2.28. The average Bonchev–Trinajstić information content (AvgIpc) is 3.33. The van der Waals surface area contributed by atoms with Gasteiger partial charge in [-0.25, -0.2) is 8.78 Å². The summed E-state index contributed by atoms with van der Waals surface area (Å²) in [4.78, 5) is 33.1. The van der Waals surface area contributed by atoms with Crippen molar-refractivity contribution in [1.29, 1.82) is 5.26 Å². The Kier molecular flexibility index (Phi) is 6.32. The summed E-state index contributed by atoms with van der Waals surface area (Å²) >= 11 is 0. The largest absolute Gasteiger partial charge is 0.387 e. The fourth-order valence-electron chi connectivity index (χ4n) is 4.08. The summed E-state index contributed by atoms with van der Waals surface area (Å²) in [6, 6.07) is 0.515. The molecule has 0 aromatic carbocycles. The smallest absolute Gasteiger partial charge is 0.269 e. The maximum Gasteiger partial charge on any atom is 0.269 e. The Labute approximate surface area is 175 Å². The average molecular weight is 425 g/mol. The van der Waals surface area contributed by atoms with Gasteiger partial charge in [-0.3, -0.25) is 14.5 Å². The molecule has 2 amide bonds. The van der Waals surface area contributed by atoms with Gasteiger partial charge in [0.05, 0.1) is 6.07 Å². The van der Waals surface area contributed by atoms with Gasteiger partial charge >= 0.3 is 0 Å². The molecule has 0 radical (unpaired) electrons. The van der Waals surface area contributed by atoms with Crippen LogP contribution in [-0.2, 0) is 14.4 Å². The van der Waals surface area contributed by atoms with E-state index < -0.39 is 41.3 Å². The molecule has 2 aliphatic heterocycles. The van der Waals surface area contributed by atoms with Crippen LogP contribution in [0.1, 0.15) is 58.8 Å². The zero-order chi connectivity index (χ0) is 22.0. The van der Waals surface area contributed by atoms with Crippen LogP contribution in [0.3, 0.4) is 0 Å². The van der Waals surface area contributed by atoms with Crippen molar-refractivity contribution in [3.63, 3.8) is 0 Å². The molecule has 0 bridgehead atoms. The molecular weight excluding hydrogens is 396 g/mol. The Morgan fingerprint density at radius 1 is 1.40 bits per heavy atom. The highest BCUT2D eigenvalue weighted by Crippen LogP contribution is 2.35. The second kappa shape index (κ2) is 8.46. The van der Waals surface area contributed by atoms with Crippen LogP contribution in [0.4, 0.5) is 8.78 Å². The van der Waals surface area contributed by atoms with Crippen LogP contribution in [0, 0.1) is 11.3 Å². The summed E-state index contributed by atoms with van der Waals surface area (Å²) in [5.41, 5.74) is -1.48. The third-order valence-corrected chi connectivity index (χ3v) is 5.77. The first-order valence-corrected chi connectivity index (χ1v) is 10.5. The molecule has 3 rings (SSSR count). The van der Waals surface area contributed by atoms with E-state index in [1.165, 1.54) is 0 Å². The third kappa shape index (κ3) is 5.45. The van der Waals surface area contributed by atoms with Gasteiger partial charge in [0, 0.05) is 19.4 Å². The highest BCUT2D eigenvalue weighted by molar-refractivity contribution is 6.39. The lowest BCUT2D eigenvalue weighted by molar-refractivity contribution is -0.129. The number of likely N-dealkylation sites (tertiary alicyclic amines) is 1. The molecular formula is C20H29F2N5O3. The molecule has 2 fully saturated rings. The second-order valence-electron chi connectivity index (χ2n) is 8.85. The van der Waals surface area contributed by atoms with E-state index in [0.29, 0.717) is 26.3 Å². The lowest BCUT2D eigenvalue weighted by Gasteiger charge is -2.38. The van der Waals surface area contributed by atoms with E-state index in [9.17, 15) is 18.4 Å². The van der Waals surface area contributed by atoms with E-state index in [4.69, 9.17) is 10.1 Å². The number of amides is 2. The third-order valence-electron chi connectivity index (χ3n) is 5.77. The number of piperidine rings is 1. The molecule has 0 aromatic heterocycles. The number of nitrogens with one attached hydrogen (secondary N) is 2. The van der Waals surface area contributed by atoms with Gasteiger partial charge in [-0.05, 0) is 52.1 Å². The molecule has 1 aliphatic carbocycles. The van der Waals surface area contributed by atoms with Crippen molar-refractivity contribution in [3.8, 4) is 6.07 Å². The molecule has 1 spiro atoms. The lowest BCUT2D eigenvalue weighted by Crippen LogP contribution is -2.53. The number of nitriles is 1. The first-order chi connectivity index (χ1) is 14.1. The number of oxime groups is 1. The van der Waals surface area contributed by atoms with Crippen LogP contribution in [0.2, 0.25) is 0 Å². The number of carbonyl (C=O) groups excluding carboxylic acids is 2. The Morgan fingerprint density at radius 2 is 2.13 bits per heavy atom. The Bertz CT molecular complexity index is 755. The van der Waals surface area contributed by atoms with E-state index >= 15 is 0 Å². The summed E-state index contributed by atoms with van der Waals surface area (Å²) < 4.78 is 27.3. The highest BCUT2D eigenvalue weighted by Gasteiger charge is 2.48. The van der Waals surface area contributed by atoms with Crippen molar-refractivity contribution in [2.75, 3.05) is 19.6 Å². The minimum Gasteiger partial charge on any atom is -0.387 e. The molecule has 2 atom stereocenters. The lowest BCUT2D eigenvalue weighted by atomic mass is 9.88. The van der Waals surface area contributed by atoms with Gasteiger partial charge in [0.2, 0.25) is 11.8 Å². The predicted molar refractivity (Wildman–Crippen MR) is 105 cm³/mol. The van der Waals surface area contributed by atoms with E-state index in [0.717, 1.165) is 32.4 Å². The number of halogens is 2. The molecule has 1 saturated carbocycles. The minimum atomic E-state index is -3.17. The maximum atomic E-state index is 13.6. The predicted octanol–water partition coefficient (Wildman–Crippen LogP) is 1.71. The highest BCUT2D eigenvalue weighted by atomic mass is 19.3. The van der Waals surface area contributed by atoms with Gasteiger partial charge in [-0.1, -0.05) is 12.1 Å². The molecule has 8 nitrogen and oxygen atoms in total. The van der Waals surface area contributed by atoms with Crippen molar-refractivity contribution in [1.82, 2.24) is 15.5 Å². The van der Waals surface area contributed by atoms with Gasteiger partial charge in [-0.15, -0.1) is 0 Å². The summed E-state index contributed by atoms with van der Waals surface area (Å²) in [6.45, 7) is 5.34. The summed E-state index contributed by atoms with van der Waals surface area (Å²) in [7, 11) is 0. The van der Waals surface area contributed by atoms with Crippen LogP contribution >= 0.6 is 0 Å². The number of hydrogen-bond donors (Lipinski definition) is 2. The second-order valence-corrected chi connectivity index (χ2v) is 8.85. The maximum absolute atomic E-state index is 13.6. The zero-order valence-electron chi connectivity index (χ0n) is 17.5. The van der Waals surface area contributed by atoms with Gasteiger partial charge in [0.1, 0.15) is 17.3 Å². The normalized spacial score (nSPS) is 26.3. The molecule has 2 heterocycles. The number of rotatable bonds is 8. The van der Waals surface area contributed by atoms with E-state index in [1.54, 1.807) is 0 Å². The molecule has 1 unspecified atom stereocenters. The van der Waals surface area contributed by atoms with Crippen LogP contribution in [0.25, 0.3) is 0 Å². The molecule has 10 heteroatoms. The SMILES string of the molecule is CCCN1CCCC2(CC(C(=O)N[C@@H](CC(C)(F)F)C(=O)NC3(C#N)CC3)=NO2)C1. The molecule has 2 N–H and O–H groups in total. The number of alkyl halides is 2. The molecule has 1 saturated heterocycles. The number of carbonyl (C=O) groups is 2. The first kappa shape index (κ1) is 22.4. The summed E-state index contributed by atoms with van der Waals surface area (Å²) in [5.74, 6) is -4.65. The van der Waals surface area contributed by atoms with Crippen molar-refractivity contribution in [3.05, 3.63) is 0 Å². The topological polar surface area (TPSA) is 107 Å². The molecule has 3 aliphatic rings. The van der Waals surface area contributed by atoms with Gasteiger partial charge in [-0.2, -0.15) is 5.26 Å². The summed E-state index contributed by atoms with van der Waals surface area (Å²) in [5, 5.41) is 17.9. The van der Waals surface area contributed by atoms with Crippen molar-refractivity contribution >= 4 is 17.5 Å². The van der Waals surface area contributed by atoms with E-state index in [1.807, 2.05) is 6.07 Å². The monoisotopic (exact) mass is 425 g/mol. The standard InChI is InChI=1S/C20H29F2N5O3/c1-3-8-27-9-4-5-20(13-27)11-15(26-30-20)16(28)24-14(10-18(2,21)22)17(29)25-19(12-23)6-7-19/h14H,3-11,13H2,1-2H3,(H,24,28)(H,25,29)/t14-,20?/m0/s1. The van der Waals surface area contributed by atoms with Crippen molar-refractivity contribution in [2.45, 2.75) is 81.9 Å². The van der Waals surface area contributed by atoms with Crippen molar-refractivity contribution in [2.24, 2.45) is 5.16 Å². The molecule has 0 aromatic rings. The Morgan fingerprint density at radius 3 is 2.73 bits per heavy atom. The number of hydrogen-bond acceptors (Lipinski definition) is 6. The minimum absolute atomic E-state index is 0.104.